The number of azide groups is 1. The number of benzene rings is 2. The van der Waals surface area contributed by atoms with Crippen LogP contribution in [0.1, 0.15) is 11.1 Å². The van der Waals surface area contributed by atoms with Gasteiger partial charge in [0.1, 0.15) is 0 Å². The molecule has 0 amide bonds. The van der Waals surface area contributed by atoms with E-state index in [0.717, 1.165) is 12.0 Å². The Bertz CT molecular complexity index is 565. The summed E-state index contributed by atoms with van der Waals surface area (Å²) in [6, 6.07) is 20.3. The van der Waals surface area contributed by atoms with E-state index in [1.54, 1.807) is 0 Å². The second-order valence-corrected chi connectivity index (χ2v) is 4.97. The van der Waals surface area contributed by atoms with Gasteiger partial charge in [0.2, 0.25) is 0 Å². The van der Waals surface area contributed by atoms with Crippen molar-refractivity contribution in [3.8, 4) is 0 Å². The first-order chi connectivity index (χ1) is 10.4. The van der Waals surface area contributed by atoms with E-state index >= 15 is 0 Å². The lowest BCUT2D eigenvalue weighted by atomic mass is 10.0. The summed E-state index contributed by atoms with van der Waals surface area (Å²) in [6.45, 7) is 1.63. The maximum Gasteiger partial charge on any atom is 0.0717 e. The standard InChI is InChI=1S/C17H19N3O/c18-20-19-12-17(11-15-7-3-1-4-8-15)14-21-13-16-9-5-2-6-10-16/h1-10,17H,11-14H2. The molecule has 0 radical (unpaired) electrons. The van der Waals surface area contributed by atoms with Gasteiger partial charge in [-0.2, -0.15) is 0 Å². The largest absolute Gasteiger partial charge is 0.376 e. The Labute approximate surface area is 125 Å². The predicted octanol–water partition coefficient (Wildman–Crippen LogP) is 4.37. The molecule has 0 N–H and O–H groups in total. The molecule has 4 nitrogen and oxygen atoms in total. The lowest BCUT2D eigenvalue weighted by Crippen LogP contribution is -2.15. The summed E-state index contributed by atoms with van der Waals surface area (Å²) in [4.78, 5) is 2.85. The van der Waals surface area contributed by atoms with Gasteiger partial charge < -0.3 is 4.74 Å². The topological polar surface area (TPSA) is 58.0 Å². The summed E-state index contributed by atoms with van der Waals surface area (Å²) in [5.41, 5.74) is 10.9. The average Bonchev–Trinajstić information content (AvgIpc) is 2.54. The smallest absolute Gasteiger partial charge is 0.0717 e. The Hall–Kier alpha value is -2.29. The van der Waals surface area contributed by atoms with E-state index in [4.69, 9.17) is 10.3 Å². The van der Waals surface area contributed by atoms with Crippen LogP contribution in [0.4, 0.5) is 0 Å². The molecule has 1 unspecified atom stereocenters. The first-order valence-electron chi connectivity index (χ1n) is 7.05. The fraction of sp³-hybridized carbons (Fsp3) is 0.294. The van der Waals surface area contributed by atoms with Gasteiger partial charge >= 0.3 is 0 Å². The van der Waals surface area contributed by atoms with E-state index < -0.39 is 0 Å². The van der Waals surface area contributed by atoms with Crippen LogP contribution in [-0.2, 0) is 17.8 Å². The molecule has 0 aliphatic heterocycles. The van der Waals surface area contributed by atoms with Crippen molar-refractivity contribution in [1.82, 2.24) is 0 Å². The van der Waals surface area contributed by atoms with Gasteiger partial charge in [0.05, 0.1) is 13.2 Å². The van der Waals surface area contributed by atoms with E-state index in [9.17, 15) is 0 Å². The van der Waals surface area contributed by atoms with Gasteiger partial charge in [-0.25, -0.2) is 0 Å². The molecule has 0 heterocycles. The summed E-state index contributed by atoms with van der Waals surface area (Å²) in [5.74, 6) is 0.201. The van der Waals surface area contributed by atoms with Crippen molar-refractivity contribution in [1.29, 1.82) is 0 Å². The van der Waals surface area contributed by atoms with E-state index in [1.165, 1.54) is 5.56 Å². The van der Waals surface area contributed by atoms with Crippen molar-refractivity contribution >= 4 is 0 Å². The molecule has 2 aromatic rings. The van der Waals surface area contributed by atoms with E-state index in [-0.39, 0.29) is 5.92 Å². The SMILES string of the molecule is [N-]=[N+]=NCC(COCc1ccccc1)Cc1ccccc1. The maximum atomic E-state index is 8.50. The normalized spacial score (nSPS) is 11.6. The Morgan fingerprint density at radius 2 is 1.57 bits per heavy atom. The van der Waals surface area contributed by atoms with Gasteiger partial charge in [0.25, 0.3) is 0 Å². The highest BCUT2D eigenvalue weighted by Crippen LogP contribution is 2.11. The molecule has 0 aromatic heterocycles. The highest BCUT2D eigenvalue weighted by Gasteiger charge is 2.09. The molecule has 0 saturated heterocycles. The molecular formula is C17H19N3O. The van der Waals surface area contributed by atoms with Crippen molar-refractivity contribution in [2.24, 2.45) is 11.0 Å². The molecule has 0 aliphatic rings. The third-order valence-electron chi connectivity index (χ3n) is 3.24. The fourth-order valence-electron chi connectivity index (χ4n) is 2.19. The van der Waals surface area contributed by atoms with Crippen molar-refractivity contribution in [2.75, 3.05) is 13.2 Å². The van der Waals surface area contributed by atoms with E-state index in [0.29, 0.717) is 19.8 Å². The first-order valence-corrected chi connectivity index (χ1v) is 7.05. The van der Waals surface area contributed by atoms with Gasteiger partial charge in [0.15, 0.2) is 0 Å². The monoisotopic (exact) mass is 281 g/mol. The summed E-state index contributed by atoms with van der Waals surface area (Å²) in [7, 11) is 0. The van der Waals surface area contributed by atoms with Crippen molar-refractivity contribution in [3.05, 3.63) is 82.2 Å². The van der Waals surface area contributed by atoms with Crippen molar-refractivity contribution in [2.45, 2.75) is 13.0 Å². The summed E-state index contributed by atoms with van der Waals surface area (Å²) >= 11 is 0. The summed E-state index contributed by atoms with van der Waals surface area (Å²) in [5, 5.41) is 3.69. The quantitative estimate of drug-likeness (QED) is 0.402. The zero-order valence-corrected chi connectivity index (χ0v) is 11.9. The molecule has 0 bridgehead atoms. The van der Waals surface area contributed by atoms with Crippen LogP contribution in [0.2, 0.25) is 0 Å². The lowest BCUT2D eigenvalue weighted by molar-refractivity contribution is 0.0892. The van der Waals surface area contributed by atoms with Gasteiger partial charge in [-0.05, 0) is 29.0 Å². The summed E-state index contributed by atoms with van der Waals surface area (Å²) < 4.78 is 5.77. The van der Waals surface area contributed by atoms with Crippen LogP contribution < -0.4 is 0 Å². The van der Waals surface area contributed by atoms with Crippen LogP contribution in [-0.4, -0.2) is 13.2 Å². The lowest BCUT2D eigenvalue weighted by Gasteiger charge is -2.15. The summed E-state index contributed by atoms with van der Waals surface area (Å²) in [6.07, 6.45) is 0.856. The minimum atomic E-state index is 0.201. The molecule has 0 spiro atoms. The third-order valence-corrected chi connectivity index (χ3v) is 3.24. The van der Waals surface area contributed by atoms with E-state index in [2.05, 4.69) is 22.2 Å². The molecule has 4 heteroatoms. The maximum absolute atomic E-state index is 8.50. The minimum absolute atomic E-state index is 0.201. The number of ether oxygens (including phenoxy) is 1. The zero-order chi connectivity index (χ0) is 14.8. The molecule has 2 aromatic carbocycles. The van der Waals surface area contributed by atoms with Crippen molar-refractivity contribution < 1.29 is 4.74 Å². The van der Waals surface area contributed by atoms with Gasteiger partial charge in [-0.1, -0.05) is 65.8 Å². The number of hydrogen-bond acceptors (Lipinski definition) is 2. The zero-order valence-electron chi connectivity index (χ0n) is 11.9. The second kappa shape index (κ2) is 8.80. The predicted molar refractivity (Wildman–Crippen MR) is 83.7 cm³/mol. The van der Waals surface area contributed by atoms with Crippen LogP contribution in [0, 0.1) is 5.92 Å². The molecule has 21 heavy (non-hydrogen) atoms. The van der Waals surface area contributed by atoms with Crippen LogP contribution in [0.3, 0.4) is 0 Å². The third kappa shape index (κ3) is 5.69. The molecular weight excluding hydrogens is 262 g/mol. The number of nitrogens with zero attached hydrogens (tertiary/aromatic N) is 3. The van der Waals surface area contributed by atoms with Crippen LogP contribution in [0.15, 0.2) is 65.8 Å². The van der Waals surface area contributed by atoms with Crippen LogP contribution >= 0.6 is 0 Å². The molecule has 0 saturated carbocycles. The Morgan fingerprint density at radius 3 is 2.19 bits per heavy atom. The highest BCUT2D eigenvalue weighted by molar-refractivity contribution is 5.15. The fourth-order valence-corrected chi connectivity index (χ4v) is 2.19. The van der Waals surface area contributed by atoms with Crippen molar-refractivity contribution in [3.63, 3.8) is 0 Å². The average molecular weight is 281 g/mol. The minimum Gasteiger partial charge on any atom is -0.376 e. The Kier molecular flexibility index (Phi) is 6.33. The van der Waals surface area contributed by atoms with Crippen LogP contribution in [0.25, 0.3) is 10.4 Å². The first kappa shape index (κ1) is 15.1. The Balaban J connectivity index is 1.86. The van der Waals surface area contributed by atoms with Gasteiger partial charge in [0, 0.05) is 11.5 Å². The molecule has 0 fully saturated rings. The molecule has 2 rings (SSSR count). The van der Waals surface area contributed by atoms with E-state index in [1.807, 2.05) is 48.5 Å². The number of hydrogen-bond donors (Lipinski definition) is 0. The Morgan fingerprint density at radius 1 is 0.952 bits per heavy atom. The molecule has 1 atom stereocenters. The highest BCUT2D eigenvalue weighted by atomic mass is 16.5. The number of rotatable bonds is 8. The molecule has 0 aliphatic carbocycles. The molecule has 108 valence electrons. The second-order valence-electron chi connectivity index (χ2n) is 4.97. The van der Waals surface area contributed by atoms with Gasteiger partial charge in [-0.15, -0.1) is 0 Å². The van der Waals surface area contributed by atoms with Gasteiger partial charge in [-0.3, -0.25) is 0 Å². The van der Waals surface area contributed by atoms with Crippen LogP contribution in [0.5, 0.6) is 0 Å².